The van der Waals surface area contributed by atoms with E-state index in [9.17, 15) is 14.3 Å². The molecule has 8 heteroatoms. The third-order valence-corrected chi connectivity index (χ3v) is 2.98. The number of urea groups is 1. The summed E-state index contributed by atoms with van der Waals surface area (Å²) < 4.78 is 19.8. The summed E-state index contributed by atoms with van der Waals surface area (Å²) in [6, 6.07) is 6.88. The van der Waals surface area contributed by atoms with Gasteiger partial charge in [-0.3, -0.25) is 10.00 Å². The molecule has 0 saturated carbocycles. The van der Waals surface area contributed by atoms with Crippen molar-refractivity contribution in [3.63, 3.8) is 0 Å². The van der Waals surface area contributed by atoms with Crippen molar-refractivity contribution in [3.05, 3.63) is 41.8 Å². The molecule has 0 aliphatic rings. The summed E-state index contributed by atoms with van der Waals surface area (Å²) in [6.45, 7) is 1.75. The number of aliphatic hydroxyl groups is 1. The van der Waals surface area contributed by atoms with Crippen molar-refractivity contribution in [1.82, 2.24) is 15.1 Å². The van der Waals surface area contributed by atoms with E-state index in [-0.39, 0.29) is 13.2 Å². The molecule has 2 amide bonds. The fraction of sp³-hybridized carbons (Fsp3) is 0.333. The van der Waals surface area contributed by atoms with Gasteiger partial charge in [-0.25, -0.2) is 9.18 Å². The molecule has 1 aromatic heterocycles. The van der Waals surface area contributed by atoms with Crippen molar-refractivity contribution >= 4 is 11.8 Å². The molecule has 124 valence electrons. The highest BCUT2D eigenvalue weighted by molar-refractivity contribution is 5.88. The lowest BCUT2D eigenvalue weighted by molar-refractivity contribution is 0.108. The van der Waals surface area contributed by atoms with Crippen LogP contribution >= 0.6 is 0 Å². The van der Waals surface area contributed by atoms with Gasteiger partial charge in [0.25, 0.3) is 0 Å². The predicted molar refractivity (Wildman–Crippen MR) is 82.9 cm³/mol. The van der Waals surface area contributed by atoms with E-state index in [2.05, 4.69) is 15.7 Å². The van der Waals surface area contributed by atoms with E-state index in [4.69, 9.17) is 4.74 Å². The molecule has 0 aliphatic carbocycles. The molecule has 2 rings (SSSR count). The van der Waals surface area contributed by atoms with Gasteiger partial charge in [-0.2, -0.15) is 5.10 Å². The number of benzene rings is 1. The van der Waals surface area contributed by atoms with E-state index >= 15 is 0 Å². The number of aromatic nitrogens is 2. The van der Waals surface area contributed by atoms with Crippen LogP contribution in [0.2, 0.25) is 0 Å². The number of aryl methyl sites for hydroxylation is 2. The molecule has 1 heterocycles. The minimum atomic E-state index is -0.919. The number of nitrogens with zero attached hydrogens (tertiary/aromatic N) is 2. The Bertz CT molecular complexity index is 674. The number of carbonyl (C=O) groups is 1. The summed E-state index contributed by atoms with van der Waals surface area (Å²) in [6.07, 6.45) is -0.919. The quantitative estimate of drug-likeness (QED) is 0.751. The normalized spacial score (nSPS) is 11.8. The van der Waals surface area contributed by atoms with E-state index in [1.165, 1.54) is 18.2 Å². The molecule has 3 N–H and O–H groups in total. The van der Waals surface area contributed by atoms with Gasteiger partial charge in [0.2, 0.25) is 0 Å². The number of rotatable bonds is 6. The van der Waals surface area contributed by atoms with Crippen LogP contribution < -0.4 is 15.4 Å². The first-order valence-electron chi connectivity index (χ1n) is 7.06. The first kappa shape index (κ1) is 16.8. The molecule has 0 saturated heterocycles. The van der Waals surface area contributed by atoms with Crippen molar-refractivity contribution < 1.29 is 19.0 Å². The van der Waals surface area contributed by atoms with Crippen LogP contribution in [-0.2, 0) is 7.05 Å². The van der Waals surface area contributed by atoms with E-state index in [0.29, 0.717) is 11.6 Å². The second-order valence-corrected chi connectivity index (χ2v) is 5.05. The summed E-state index contributed by atoms with van der Waals surface area (Å²) in [4.78, 5) is 11.7. The Morgan fingerprint density at radius 3 is 2.91 bits per heavy atom. The zero-order valence-electron chi connectivity index (χ0n) is 12.9. The first-order valence-corrected chi connectivity index (χ1v) is 7.06. The molecule has 0 aliphatic heterocycles. The average Bonchev–Trinajstić information content (AvgIpc) is 2.81. The van der Waals surface area contributed by atoms with E-state index in [1.54, 1.807) is 23.9 Å². The zero-order chi connectivity index (χ0) is 16.8. The molecular weight excluding hydrogens is 303 g/mol. The molecule has 0 spiro atoms. The van der Waals surface area contributed by atoms with E-state index in [0.717, 1.165) is 5.69 Å². The topological polar surface area (TPSA) is 88.4 Å². The van der Waals surface area contributed by atoms with Gasteiger partial charge >= 0.3 is 6.03 Å². The Labute approximate surface area is 133 Å². The minimum Gasteiger partial charge on any atom is -0.491 e. The highest BCUT2D eigenvalue weighted by atomic mass is 19.1. The molecule has 1 unspecified atom stereocenters. The largest absolute Gasteiger partial charge is 0.491 e. The lowest BCUT2D eigenvalue weighted by Crippen LogP contribution is -2.38. The average molecular weight is 322 g/mol. The number of hydrogen-bond donors (Lipinski definition) is 3. The van der Waals surface area contributed by atoms with Crippen LogP contribution in [0.4, 0.5) is 15.0 Å². The fourth-order valence-corrected chi connectivity index (χ4v) is 1.91. The van der Waals surface area contributed by atoms with Crippen LogP contribution in [-0.4, -0.2) is 40.2 Å². The molecule has 23 heavy (non-hydrogen) atoms. The predicted octanol–water partition coefficient (Wildman–Crippen LogP) is 1.43. The number of anilines is 1. The lowest BCUT2D eigenvalue weighted by atomic mass is 10.3. The standard InChI is InChI=1S/C15H19FN4O3/c1-10-6-14(20(2)19-10)18-15(22)17-8-12(21)9-23-13-5-3-4-11(16)7-13/h3-7,12,21H,8-9H2,1-2H3,(H2,17,18,22). The highest BCUT2D eigenvalue weighted by Gasteiger charge is 2.10. The third kappa shape index (κ3) is 5.26. The van der Waals surface area contributed by atoms with Gasteiger partial charge in [0.05, 0.1) is 5.69 Å². The Hall–Kier alpha value is -2.61. The van der Waals surface area contributed by atoms with Crippen LogP contribution in [0.3, 0.4) is 0 Å². The number of aliphatic hydroxyl groups excluding tert-OH is 1. The Morgan fingerprint density at radius 1 is 1.48 bits per heavy atom. The van der Waals surface area contributed by atoms with E-state index in [1.807, 2.05) is 6.92 Å². The summed E-state index contributed by atoms with van der Waals surface area (Å²) in [5.41, 5.74) is 0.784. The molecule has 1 aromatic carbocycles. The van der Waals surface area contributed by atoms with Crippen LogP contribution in [0.15, 0.2) is 30.3 Å². The van der Waals surface area contributed by atoms with Crippen molar-refractivity contribution in [3.8, 4) is 5.75 Å². The smallest absolute Gasteiger partial charge is 0.320 e. The van der Waals surface area contributed by atoms with Crippen molar-refractivity contribution in [2.75, 3.05) is 18.5 Å². The Morgan fingerprint density at radius 2 is 2.26 bits per heavy atom. The minimum absolute atomic E-state index is 0.00200. The second kappa shape index (κ2) is 7.59. The molecule has 0 radical (unpaired) electrons. The van der Waals surface area contributed by atoms with Crippen LogP contribution in [0.25, 0.3) is 0 Å². The van der Waals surface area contributed by atoms with Gasteiger partial charge in [-0.15, -0.1) is 0 Å². The SMILES string of the molecule is Cc1cc(NC(=O)NCC(O)COc2cccc(F)c2)n(C)n1. The summed E-state index contributed by atoms with van der Waals surface area (Å²) in [7, 11) is 1.71. The number of hydrogen-bond acceptors (Lipinski definition) is 4. The van der Waals surface area contributed by atoms with Gasteiger partial charge < -0.3 is 15.2 Å². The monoisotopic (exact) mass is 322 g/mol. The maximum Gasteiger partial charge on any atom is 0.320 e. The van der Waals surface area contributed by atoms with Gasteiger partial charge in [-0.1, -0.05) is 6.07 Å². The van der Waals surface area contributed by atoms with Gasteiger partial charge in [0.1, 0.15) is 30.1 Å². The Kier molecular flexibility index (Phi) is 5.53. The number of amides is 2. The zero-order valence-corrected chi connectivity index (χ0v) is 12.9. The molecule has 1 atom stereocenters. The summed E-state index contributed by atoms with van der Waals surface area (Å²) in [5, 5.41) is 19.0. The lowest BCUT2D eigenvalue weighted by Gasteiger charge is -2.13. The van der Waals surface area contributed by atoms with Crippen molar-refractivity contribution in [2.24, 2.45) is 7.05 Å². The van der Waals surface area contributed by atoms with Gasteiger partial charge in [0, 0.05) is 25.7 Å². The second-order valence-electron chi connectivity index (χ2n) is 5.05. The summed E-state index contributed by atoms with van der Waals surface area (Å²) in [5.74, 6) is 0.449. The van der Waals surface area contributed by atoms with Crippen LogP contribution in [0.1, 0.15) is 5.69 Å². The third-order valence-electron chi connectivity index (χ3n) is 2.98. The number of halogens is 1. The molecule has 0 fully saturated rings. The molecule has 7 nitrogen and oxygen atoms in total. The number of carbonyl (C=O) groups excluding carboxylic acids is 1. The van der Waals surface area contributed by atoms with Crippen LogP contribution in [0, 0.1) is 12.7 Å². The van der Waals surface area contributed by atoms with E-state index < -0.39 is 18.0 Å². The van der Waals surface area contributed by atoms with Crippen LogP contribution in [0.5, 0.6) is 5.75 Å². The molecule has 0 bridgehead atoms. The maximum atomic E-state index is 13.0. The van der Waals surface area contributed by atoms with Gasteiger partial charge in [-0.05, 0) is 19.1 Å². The van der Waals surface area contributed by atoms with Gasteiger partial charge in [0.15, 0.2) is 0 Å². The highest BCUT2D eigenvalue weighted by Crippen LogP contribution is 2.12. The number of ether oxygens (including phenoxy) is 1. The first-order chi connectivity index (χ1) is 10.9. The van der Waals surface area contributed by atoms with Crippen molar-refractivity contribution in [1.29, 1.82) is 0 Å². The molecular formula is C15H19FN4O3. The maximum absolute atomic E-state index is 13.0. The van der Waals surface area contributed by atoms with Crippen molar-refractivity contribution in [2.45, 2.75) is 13.0 Å². The Balaban J connectivity index is 1.72. The number of nitrogens with one attached hydrogen (secondary N) is 2. The summed E-state index contributed by atoms with van der Waals surface area (Å²) >= 11 is 0. The fourth-order valence-electron chi connectivity index (χ4n) is 1.91. The molecule has 2 aromatic rings.